The number of nitrogens with zero attached hydrogens (tertiary/aromatic N) is 5. The van der Waals surface area contributed by atoms with E-state index in [1.165, 1.54) is 32.6 Å². The van der Waals surface area contributed by atoms with E-state index < -0.39 is 0 Å². The van der Waals surface area contributed by atoms with Gasteiger partial charge in [-0.25, -0.2) is 4.98 Å². The molecule has 7 nitrogen and oxygen atoms in total. The molecular formula is C21H37ClIN7. The molecule has 0 aromatic carbocycles. The van der Waals surface area contributed by atoms with Gasteiger partial charge in [-0.3, -0.25) is 4.99 Å². The van der Waals surface area contributed by atoms with Gasteiger partial charge in [-0.1, -0.05) is 11.6 Å². The maximum atomic E-state index is 6.31. The predicted octanol–water partition coefficient (Wildman–Crippen LogP) is 2.51. The van der Waals surface area contributed by atoms with Crippen LogP contribution in [0.15, 0.2) is 23.3 Å². The van der Waals surface area contributed by atoms with Crippen LogP contribution >= 0.6 is 35.6 Å². The summed E-state index contributed by atoms with van der Waals surface area (Å²) in [5.41, 5.74) is 0. The van der Waals surface area contributed by atoms with Crippen molar-refractivity contribution in [2.45, 2.75) is 32.2 Å². The van der Waals surface area contributed by atoms with E-state index >= 15 is 0 Å². The van der Waals surface area contributed by atoms with Crippen LogP contribution in [0.1, 0.15) is 26.2 Å². The SMILES string of the molecule is CCNC(=NCCCN1CCCN(C)CC1)NC1CCN(c2ncccc2Cl)C1.I. The van der Waals surface area contributed by atoms with Crippen LogP contribution < -0.4 is 15.5 Å². The molecule has 1 aromatic rings. The van der Waals surface area contributed by atoms with Gasteiger partial charge in [-0.2, -0.15) is 0 Å². The van der Waals surface area contributed by atoms with Gasteiger partial charge in [0.1, 0.15) is 5.82 Å². The Morgan fingerprint density at radius 3 is 2.93 bits per heavy atom. The van der Waals surface area contributed by atoms with Crippen molar-refractivity contribution in [1.29, 1.82) is 0 Å². The second-order valence-electron chi connectivity index (χ2n) is 8.00. The average Bonchev–Trinajstić information content (AvgIpc) is 3.07. The first-order valence-corrected chi connectivity index (χ1v) is 11.3. The number of aliphatic imine (C=N–C) groups is 1. The van der Waals surface area contributed by atoms with Gasteiger partial charge in [0, 0.05) is 51.5 Å². The van der Waals surface area contributed by atoms with Crippen molar-refractivity contribution in [3.63, 3.8) is 0 Å². The third kappa shape index (κ3) is 8.01. The first-order valence-electron chi connectivity index (χ1n) is 11.0. The number of pyridine rings is 1. The molecule has 3 rings (SSSR count). The molecule has 2 aliphatic rings. The molecule has 2 saturated heterocycles. The number of hydrogen-bond donors (Lipinski definition) is 2. The van der Waals surface area contributed by atoms with Gasteiger partial charge in [-0.05, 0) is 65.0 Å². The second-order valence-corrected chi connectivity index (χ2v) is 8.40. The number of hydrogen-bond acceptors (Lipinski definition) is 5. The molecule has 170 valence electrons. The van der Waals surface area contributed by atoms with Crippen LogP contribution in [-0.4, -0.2) is 92.7 Å². The highest BCUT2D eigenvalue weighted by Gasteiger charge is 2.25. The van der Waals surface area contributed by atoms with Crippen molar-refractivity contribution in [2.24, 2.45) is 4.99 Å². The van der Waals surface area contributed by atoms with E-state index in [-0.39, 0.29) is 24.0 Å². The molecule has 3 heterocycles. The summed E-state index contributed by atoms with van der Waals surface area (Å²) >= 11 is 6.31. The zero-order valence-electron chi connectivity index (χ0n) is 18.3. The van der Waals surface area contributed by atoms with Crippen LogP contribution in [0.5, 0.6) is 0 Å². The van der Waals surface area contributed by atoms with Crippen molar-refractivity contribution in [3.8, 4) is 0 Å². The van der Waals surface area contributed by atoms with Crippen LogP contribution in [0.3, 0.4) is 0 Å². The summed E-state index contributed by atoms with van der Waals surface area (Å²) in [6.45, 7) is 11.6. The van der Waals surface area contributed by atoms with E-state index in [9.17, 15) is 0 Å². The maximum Gasteiger partial charge on any atom is 0.191 e. The Morgan fingerprint density at radius 2 is 2.13 bits per heavy atom. The molecule has 0 radical (unpaired) electrons. The Morgan fingerprint density at radius 1 is 1.27 bits per heavy atom. The molecular weight excluding hydrogens is 513 g/mol. The van der Waals surface area contributed by atoms with E-state index in [4.69, 9.17) is 16.6 Å². The summed E-state index contributed by atoms with van der Waals surface area (Å²) in [6.07, 6.45) is 5.22. The van der Waals surface area contributed by atoms with Crippen molar-refractivity contribution in [3.05, 3.63) is 23.4 Å². The largest absolute Gasteiger partial charge is 0.357 e. The molecule has 0 spiro atoms. The van der Waals surface area contributed by atoms with Gasteiger partial charge in [0.05, 0.1) is 5.02 Å². The fourth-order valence-electron chi connectivity index (χ4n) is 4.00. The van der Waals surface area contributed by atoms with Gasteiger partial charge in [0.25, 0.3) is 0 Å². The molecule has 9 heteroatoms. The first-order chi connectivity index (χ1) is 14.2. The average molecular weight is 550 g/mol. The topological polar surface area (TPSA) is 59.0 Å². The lowest BCUT2D eigenvalue weighted by atomic mass is 10.3. The lowest BCUT2D eigenvalue weighted by Crippen LogP contribution is -2.44. The molecule has 0 saturated carbocycles. The number of guanidine groups is 1. The zero-order chi connectivity index (χ0) is 20.5. The molecule has 2 N–H and O–H groups in total. The molecule has 1 aromatic heterocycles. The predicted molar refractivity (Wildman–Crippen MR) is 138 cm³/mol. The van der Waals surface area contributed by atoms with Gasteiger partial charge >= 0.3 is 0 Å². The van der Waals surface area contributed by atoms with Crippen molar-refractivity contribution in [2.75, 3.05) is 70.9 Å². The van der Waals surface area contributed by atoms with Gasteiger partial charge in [0.2, 0.25) is 0 Å². The van der Waals surface area contributed by atoms with Crippen LogP contribution in [0, 0.1) is 0 Å². The minimum absolute atomic E-state index is 0. The number of halogens is 2. The smallest absolute Gasteiger partial charge is 0.191 e. The summed E-state index contributed by atoms with van der Waals surface area (Å²) in [7, 11) is 2.22. The van der Waals surface area contributed by atoms with E-state index in [0.717, 1.165) is 57.3 Å². The van der Waals surface area contributed by atoms with Gasteiger partial charge < -0.3 is 25.3 Å². The van der Waals surface area contributed by atoms with Crippen LogP contribution in [0.4, 0.5) is 5.82 Å². The molecule has 30 heavy (non-hydrogen) atoms. The summed E-state index contributed by atoms with van der Waals surface area (Å²) in [6, 6.07) is 4.13. The molecule has 0 aliphatic carbocycles. The number of aromatic nitrogens is 1. The Kier molecular flexibility index (Phi) is 11.5. The highest BCUT2D eigenvalue weighted by Crippen LogP contribution is 2.25. The fraction of sp³-hybridized carbons (Fsp3) is 0.714. The van der Waals surface area contributed by atoms with Crippen LogP contribution in [0.25, 0.3) is 0 Å². The number of anilines is 1. The number of rotatable bonds is 7. The first kappa shape index (κ1) is 25.4. The lowest BCUT2D eigenvalue weighted by Gasteiger charge is -2.21. The van der Waals surface area contributed by atoms with E-state index in [1.54, 1.807) is 6.20 Å². The Bertz CT molecular complexity index is 660. The summed E-state index contributed by atoms with van der Waals surface area (Å²) in [5.74, 6) is 1.80. The van der Waals surface area contributed by atoms with E-state index in [1.807, 2.05) is 12.1 Å². The minimum atomic E-state index is 0. The second kappa shape index (κ2) is 13.5. The third-order valence-corrected chi connectivity index (χ3v) is 5.92. The van der Waals surface area contributed by atoms with Crippen molar-refractivity contribution in [1.82, 2.24) is 25.4 Å². The third-order valence-electron chi connectivity index (χ3n) is 5.63. The van der Waals surface area contributed by atoms with Gasteiger partial charge in [0.15, 0.2) is 5.96 Å². The zero-order valence-corrected chi connectivity index (χ0v) is 21.4. The van der Waals surface area contributed by atoms with Gasteiger partial charge in [-0.15, -0.1) is 24.0 Å². The number of likely N-dealkylation sites (N-methyl/N-ethyl adjacent to an activating group) is 1. The summed E-state index contributed by atoms with van der Waals surface area (Å²) < 4.78 is 0. The standard InChI is InChI=1S/C21H36ClN7.HI/c1-3-23-21(25-10-5-12-28-13-6-11-27(2)15-16-28)26-18-8-14-29(17-18)20-19(22)7-4-9-24-20;/h4,7,9,18H,3,5-6,8,10-17H2,1-2H3,(H2,23,25,26);1H. The Labute approximate surface area is 203 Å². The van der Waals surface area contributed by atoms with Crippen LogP contribution in [-0.2, 0) is 0 Å². The van der Waals surface area contributed by atoms with Crippen molar-refractivity contribution < 1.29 is 0 Å². The van der Waals surface area contributed by atoms with Crippen molar-refractivity contribution >= 4 is 47.4 Å². The lowest BCUT2D eigenvalue weighted by molar-refractivity contribution is 0.275. The molecule has 0 amide bonds. The van der Waals surface area contributed by atoms with E-state index in [2.05, 4.69) is 44.3 Å². The maximum absolute atomic E-state index is 6.31. The monoisotopic (exact) mass is 549 g/mol. The Balaban J connectivity index is 0.00000320. The number of nitrogens with one attached hydrogen (secondary N) is 2. The Hall–Kier alpha value is -0.840. The van der Waals surface area contributed by atoms with Crippen LogP contribution in [0.2, 0.25) is 5.02 Å². The fourth-order valence-corrected chi connectivity index (χ4v) is 4.24. The highest BCUT2D eigenvalue weighted by molar-refractivity contribution is 14.0. The summed E-state index contributed by atoms with van der Waals surface area (Å²) in [5, 5.41) is 7.70. The molecule has 0 bridgehead atoms. The molecule has 1 unspecified atom stereocenters. The minimum Gasteiger partial charge on any atom is -0.357 e. The molecule has 1 atom stereocenters. The molecule has 2 fully saturated rings. The normalized spacial score (nSPS) is 21.2. The summed E-state index contributed by atoms with van der Waals surface area (Å²) in [4.78, 5) is 16.5. The van der Waals surface area contributed by atoms with E-state index in [0.29, 0.717) is 11.1 Å². The molecule has 2 aliphatic heterocycles. The highest BCUT2D eigenvalue weighted by atomic mass is 127. The quantitative estimate of drug-likeness (QED) is 0.236.